The number of nitrogens with two attached hydrogens (primary N) is 2. The van der Waals surface area contributed by atoms with E-state index in [4.69, 9.17) is 16.2 Å². The topological polar surface area (TPSA) is 73.3 Å². The first-order valence-electron chi connectivity index (χ1n) is 7.03. The number of para-hydroxylation sites is 1. The third kappa shape index (κ3) is 1.87. The molecule has 0 bridgehead atoms. The van der Waals surface area contributed by atoms with Crippen LogP contribution in [0.2, 0.25) is 0 Å². The molecular weight excluding hydrogens is 262 g/mol. The molecule has 0 saturated heterocycles. The second-order valence-corrected chi connectivity index (χ2v) is 5.64. The van der Waals surface area contributed by atoms with Gasteiger partial charge in [0.1, 0.15) is 11.4 Å². The SMILES string of the molecule is Nc1ccc2c(c1)C=CC(N)(C1COc3ccccc31)N2. The second-order valence-electron chi connectivity index (χ2n) is 5.64. The zero-order valence-corrected chi connectivity index (χ0v) is 11.5. The first kappa shape index (κ1) is 12.3. The molecule has 0 spiro atoms. The molecule has 0 radical (unpaired) electrons. The normalized spacial score (nSPS) is 25.7. The molecule has 2 aromatic carbocycles. The molecule has 2 heterocycles. The molecule has 106 valence electrons. The van der Waals surface area contributed by atoms with Gasteiger partial charge in [-0.05, 0) is 35.9 Å². The van der Waals surface area contributed by atoms with Crippen molar-refractivity contribution in [2.75, 3.05) is 17.7 Å². The lowest BCUT2D eigenvalue weighted by Gasteiger charge is -2.37. The van der Waals surface area contributed by atoms with E-state index in [0.29, 0.717) is 6.61 Å². The van der Waals surface area contributed by atoms with Gasteiger partial charge in [-0.1, -0.05) is 24.3 Å². The van der Waals surface area contributed by atoms with Crippen LogP contribution in [0.25, 0.3) is 6.08 Å². The molecule has 0 saturated carbocycles. The second kappa shape index (κ2) is 4.27. The number of rotatable bonds is 1. The number of hydrogen-bond donors (Lipinski definition) is 3. The Kier molecular flexibility index (Phi) is 2.50. The first-order chi connectivity index (χ1) is 10.2. The van der Waals surface area contributed by atoms with Crippen molar-refractivity contribution in [2.45, 2.75) is 11.6 Å². The molecule has 2 aliphatic heterocycles. The number of nitrogens with one attached hydrogen (secondary N) is 1. The van der Waals surface area contributed by atoms with E-state index < -0.39 is 5.66 Å². The summed E-state index contributed by atoms with van der Waals surface area (Å²) >= 11 is 0. The fraction of sp³-hybridized carbons (Fsp3) is 0.176. The molecular formula is C17H17N3O. The third-order valence-electron chi connectivity index (χ3n) is 4.24. The van der Waals surface area contributed by atoms with Crippen LogP contribution in [0.5, 0.6) is 5.75 Å². The molecule has 5 N–H and O–H groups in total. The molecule has 0 aromatic heterocycles. The van der Waals surface area contributed by atoms with Gasteiger partial charge in [-0.25, -0.2) is 0 Å². The van der Waals surface area contributed by atoms with Crippen LogP contribution in [0, 0.1) is 0 Å². The van der Waals surface area contributed by atoms with Gasteiger partial charge in [0.05, 0.1) is 12.5 Å². The zero-order valence-electron chi connectivity index (χ0n) is 11.5. The van der Waals surface area contributed by atoms with Crippen LogP contribution in [0.3, 0.4) is 0 Å². The summed E-state index contributed by atoms with van der Waals surface area (Å²) in [7, 11) is 0. The van der Waals surface area contributed by atoms with Crippen LogP contribution >= 0.6 is 0 Å². The number of anilines is 2. The highest BCUT2D eigenvalue weighted by Gasteiger charge is 2.40. The Labute approximate surface area is 123 Å². The molecule has 2 unspecified atom stereocenters. The average molecular weight is 279 g/mol. The minimum atomic E-state index is -0.657. The Morgan fingerprint density at radius 1 is 1.19 bits per heavy atom. The monoisotopic (exact) mass is 279 g/mol. The van der Waals surface area contributed by atoms with Gasteiger partial charge in [0.25, 0.3) is 0 Å². The largest absolute Gasteiger partial charge is 0.492 e. The van der Waals surface area contributed by atoms with Crippen molar-refractivity contribution in [1.82, 2.24) is 0 Å². The Hall–Kier alpha value is -2.46. The number of fused-ring (bicyclic) bond motifs is 2. The van der Waals surface area contributed by atoms with E-state index in [2.05, 4.69) is 11.4 Å². The molecule has 0 amide bonds. The molecule has 2 aliphatic rings. The summed E-state index contributed by atoms with van der Waals surface area (Å²) in [5, 5.41) is 3.44. The van der Waals surface area contributed by atoms with Gasteiger partial charge in [-0.15, -0.1) is 0 Å². The highest BCUT2D eigenvalue weighted by atomic mass is 16.5. The predicted molar refractivity (Wildman–Crippen MR) is 85.1 cm³/mol. The molecule has 4 nitrogen and oxygen atoms in total. The van der Waals surface area contributed by atoms with Crippen molar-refractivity contribution in [1.29, 1.82) is 0 Å². The van der Waals surface area contributed by atoms with E-state index >= 15 is 0 Å². The number of ether oxygens (including phenoxy) is 1. The van der Waals surface area contributed by atoms with Crippen LogP contribution in [-0.4, -0.2) is 12.3 Å². The van der Waals surface area contributed by atoms with Crippen LogP contribution in [-0.2, 0) is 0 Å². The van der Waals surface area contributed by atoms with Crippen molar-refractivity contribution in [3.05, 3.63) is 59.7 Å². The summed E-state index contributed by atoms with van der Waals surface area (Å²) in [6.07, 6.45) is 4.04. The average Bonchev–Trinajstić information content (AvgIpc) is 2.92. The van der Waals surface area contributed by atoms with Crippen molar-refractivity contribution in [2.24, 2.45) is 5.73 Å². The molecule has 4 heteroatoms. The Morgan fingerprint density at radius 3 is 2.95 bits per heavy atom. The maximum Gasteiger partial charge on any atom is 0.123 e. The van der Waals surface area contributed by atoms with Crippen molar-refractivity contribution >= 4 is 17.5 Å². The Morgan fingerprint density at radius 2 is 2.05 bits per heavy atom. The molecule has 0 aliphatic carbocycles. The van der Waals surface area contributed by atoms with E-state index in [0.717, 1.165) is 28.3 Å². The van der Waals surface area contributed by atoms with E-state index in [9.17, 15) is 0 Å². The van der Waals surface area contributed by atoms with Gasteiger partial charge in [0.15, 0.2) is 0 Å². The fourth-order valence-electron chi connectivity index (χ4n) is 3.10. The highest BCUT2D eigenvalue weighted by molar-refractivity contribution is 5.75. The Bertz CT molecular complexity index is 741. The standard InChI is InChI=1S/C17H17N3O/c18-12-5-6-15-11(9-12)7-8-17(19,20-15)14-10-21-16-4-2-1-3-13(14)16/h1-9,14,20H,10,18-19H2. The van der Waals surface area contributed by atoms with E-state index in [1.165, 1.54) is 0 Å². The van der Waals surface area contributed by atoms with E-state index in [1.807, 2.05) is 48.6 Å². The van der Waals surface area contributed by atoms with Crippen molar-refractivity contribution in [3.8, 4) is 5.75 Å². The minimum absolute atomic E-state index is 0.0793. The maximum atomic E-state index is 6.62. The van der Waals surface area contributed by atoms with Crippen LogP contribution < -0.4 is 21.5 Å². The minimum Gasteiger partial charge on any atom is -0.492 e. The lowest BCUT2D eigenvalue weighted by Crippen LogP contribution is -2.52. The lowest BCUT2D eigenvalue weighted by atomic mass is 9.85. The van der Waals surface area contributed by atoms with E-state index in [-0.39, 0.29) is 5.92 Å². The molecule has 21 heavy (non-hydrogen) atoms. The van der Waals surface area contributed by atoms with Crippen molar-refractivity contribution in [3.63, 3.8) is 0 Å². The van der Waals surface area contributed by atoms with Crippen LogP contribution in [0.15, 0.2) is 48.5 Å². The van der Waals surface area contributed by atoms with Gasteiger partial charge < -0.3 is 21.5 Å². The number of benzene rings is 2. The predicted octanol–water partition coefficient (Wildman–Crippen LogP) is 2.54. The van der Waals surface area contributed by atoms with Gasteiger partial charge in [-0.3, -0.25) is 0 Å². The summed E-state index contributed by atoms with van der Waals surface area (Å²) < 4.78 is 5.76. The van der Waals surface area contributed by atoms with Crippen molar-refractivity contribution < 1.29 is 4.74 Å². The van der Waals surface area contributed by atoms with Crippen LogP contribution in [0.1, 0.15) is 17.0 Å². The third-order valence-corrected chi connectivity index (χ3v) is 4.24. The van der Waals surface area contributed by atoms with Crippen LogP contribution in [0.4, 0.5) is 11.4 Å². The summed E-state index contributed by atoms with van der Waals surface area (Å²) in [4.78, 5) is 0. The summed E-state index contributed by atoms with van der Waals surface area (Å²) in [5.41, 5.74) is 15.7. The van der Waals surface area contributed by atoms with Gasteiger partial charge in [0.2, 0.25) is 0 Å². The van der Waals surface area contributed by atoms with Gasteiger partial charge >= 0.3 is 0 Å². The number of nitrogen functional groups attached to an aromatic ring is 1. The molecule has 4 rings (SSSR count). The van der Waals surface area contributed by atoms with Gasteiger partial charge in [-0.2, -0.15) is 0 Å². The summed E-state index contributed by atoms with van der Waals surface area (Å²) in [5.74, 6) is 1.00. The smallest absolute Gasteiger partial charge is 0.123 e. The molecule has 2 aromatic rings. The Balaban J connectivity index is 1.73. The molecule has 2 atom stereocenters. The number of hydrogen-bond acceptors (Lipinski definition) is 4. The highest BCUT2D eigenvalue weighted by Crippen LogP contribution is 2.42. The summed E-state index contributed by atoms with van der Waals surface area (Å²) in [6.45, 7) is 0.581. The summed E-state index contributed by atoms with van der Waals surface area (Å²) in [6, 6.07) is 13.9. The zero-order chi connectivity index (χ0) is 14.4. The first-order valence-corrected chi connectivity index (χ1v) is 7.03. The lowest BCUT2D eigenvalue weighted by molar-refractivity contribution is 0.300. The van der Waals surface area contributed by atoms with Gasteiger partial charge in [0, 0.05) is 16.9 Å². The quantitative estimate of drug-likeness (QED) is 0.701. The van der Waals surface area contributed by atoms with E-state index in [1.54, 1.807) is 0 Å². The molecule has 0 fully saturated rings. The fourth-order valence-corrected chi connectivity index (χ4v) is 3.10. The maximum absolute atomic E-state index is 6.62.